The maximum atomic E-state index is 13.5. The molecule has 0 aliphatic carbocycles. The Morgan fingerprint density at radius 1 is 1.25 bits per heavy atom. The number of benzene rings is 2. The number of anilines is 1. The van der Waals surface area contributed by atoms with Crippen LogP contribution in [0, 0.1) is 5.82 Å². The zero-order chi connectivity index (χ0) is 22.9. The van der Waals surface area contributed by atoms with E-state index in [0.29, 0.717) is 40.1 Å². The van der Waals surface area contributed by atoms with Gasteiger partial charge in [0.05, 0.1) is 17.0 Å². The Bertz CT molecular complexity index is 1250. The molecular formula is C23H26FN3O4S. The van der Waals surface area contributed by atoms with E-state index in [2.05, 4.69) is 15.4 Å². The van der Waals surface area contributed by atoms with Gasteiger partial charge in [0.1, 0.15) is 17.2 Å². The minimum Gasteiger partial charge on any atom is -0.455 e. The molecule has 0 spiro atoms. The molecule has 3 N–H and O–H groups in total. The predicted octanol–water partition coefficient (Wildman–Crippen LogP) is 3.83. The average Bonchev–Trinajstić information content (AvgIpc) is 3.17. The number of halogens is 1. The van der Waals surface area contributed by atoms with Crippen LogP contribution in [0.2, 0.25) is 0 Å². The minimum absolute atomic E-state index is 0.0597. The lowest BCUT2D eigenvalue weighted by Crippen LogP contribution is -2.29. The van der Waals surface area contributed by atoms with Crippen LogP contribution in [0.15, 0.2) is 40.8 Å². The van der Waals surface area contributed by atoms with Gasteiger partial charge in [0, 0.05) is 30.6 Å². The molecule has 1 fully saturated rings. The number of hydrogen-bond donors (Lipinski definition) is 3. The monoisotopic (exact) mass is 459 g/mol. The van der Waals surface area contributed by atoms with Crippen molar-refractivity contribution in [3.8, 4) is 11.3 Å². The summed E-state index contributed by atoms with van der Waals surface area (Å²) < 4.78 is 46.9. The number of nitrogens with one attached hydrogen (secondary N) is 3. The van der Waals surface area contributed by atoms with Gasteiger partial charge in [-0.25, -0.2) is 12.8 Å². The number of carbonyl (C=O) groups excluding carboxylic acids is 1. The highest BCUT2D eigenvalue weighted by Crippen LogP contribution is 2.40. The lowest BCUT2D eigenvalue weighted by atomic mass is 9.89. The number of hydrogen-bond acceptors (Lipinski definition) is 5. The molecule has 1 aromatic heterocycles. The van der Waals surface area contributed by atoms with Crippen LogP contribution < -0.4 is 15.4 Å². The van der Waals surface area contributed by atoms with Gasteiger partial charge in [-0.2, -0.15) is 0 Å². The molecule has 1 amide bonds. The number of sulfonamides is 1. The molecular weight excluding hydrogens is 433 g/mol. The fraction of sp³-hybridized carbons (Fsp3) is 0.348. The molecule has 0 saturated carbocycles. The Kier molecular flexibility index (Phi) is 6.21. The number of amides is 1. The van der Waals surface area contributed by atoms with Crippen molar-refractivity contribution in [3.05, 3.63) is 53.3 Å². The molecule has 32 heavy (non-hydrogen) atoms. The van der Waals surface area contributed by atoms with Crippen LogP contribution in [0.3, 0.4) is 0 Å². The maximum Gasteiger partial charge on any atom is 0.255 e. The average molecular weight is 460 g/mol. The number of carbonyl (C=O) groups is 1. The summed E-state index contributed by atoms with van der Waals surface area (Å²) in [6.45, 7) is 3.20. The first-order chi connectivity index (χ1) is 15.3. The molecule has 0 radical (unpaired) electrons. The molecule has 1 atom stereocenters. The summed E-state index contributed by atoms with van der Waals surface area (Å²) in [6, 6.07) is 9.19. The van der Waals surface area contributed by atoms with Crippen molar-refractivity contribution >= 4 is 32.6 Å². The molecule has 1 aliphatic rings. The summed E-state index contributed by atoms with van der Waals surface area (Å²) in [5.41, 5.74) is 2.54. The van der Waals surface area contributed by atoms with Gasteiger partial charge in [-0.1, -0.05) is 0 Å². The third kappa shape index (κ3) is 4.35. The van der Waals surface area contributed by atoms with Crippen LogP contribution in [0.25, 0.3) is 22.3 Å². The molecule has 1 saturated heterocycles. The van der Waals surface area contributed by atoms with E-state index in [1.54, 1.807) is 25.1 Å². The van der Waals surface area contributed by atoms with Crippen LogP contribution in [0.5, 0.6) is 0 Å². The van der Waals surface area contributed by atoms with E-state index in [0.717, 1.165) is 24.9 Å². The van der Waals surface area contributed by atoms with Gasteiger partial charge in [0.25, 0.3) is 5.91 Å². The Morgan fingerprint density at radius 3 is 2.62 bits per heavy atom. The molecule has 7 nitrogen and oxygen atoms in total. The number of piperidine rings is 1. The van der Waals surface area contributed by atoms with Crippen molar-refractivity contribution in [1.82, 2.24) is 10.6 Å². The van der Waals surface area contributed by atoms with Gasteiger partial charge in [-0.05, 0) is 68.1 Å². The molecule has 170 valence electrons. The second-order valence-corrected chi connectivity index (χ2v) is 9.89. The Hall–Kier alpha value is -2.91. The first kappa shape index (κ1) is 22.3. The van der Waals surface area contributed by atoms with Crippen molar-refractivity contribution < 1.29 is 22.0 Å². The first-order valence-electron chi connectivity index (χ1n) is 10.6. The summed E-state index contributed by atoms with van der Waals surface area (Å²) in [7, 11) is -1.98. The lowest BCUT2D eigenvalue weighted by Gasteiger charge is -2.25. The highest BCUT2D eigenvalue weighted by atomic mass is 32.2. The lowest BCUT2D eigenvalue weighted by molar-refractivity contribution is 0.0964. The van der Waals surface area contributed by atoms with Crippen molar-refractivity contribution in [2.75, 3.05) is 30.6 Å². The number of rotatable bonds is 6. The zero-order valence-corrected chi connectivity index (χ0v) is 18.8. The highest BCUT2D eigenvalue weighted by Gasteiger charge is 2.27. The SMILES string of the molecule is CCS(=O)(=O)Nc1cc2oc(-c3ccc(F)cc3)c(C(=O)NC)c2cc1[C@@H]1CCCNC1. The van der Waals surface area contributed by atoms with Crippen LogP contribution >= 0.6 is 0 Å². The summed E-state index contributed by atoms with van der Waals surface area (Å²) in [5.74, 6) is -0.394. The molecule has 2 heterocycles. The summed E-state index contributed by atoms with van der Waals surface area (Å²) >= 11 is 0. The fourth-order valence-electron chi connectivity index (χ4n) is 4.10. The van der Waals surface area contributed by atoms with Crippen molar-refractivity contribution in [1.29, 1.82) is 0 Å². The van der Waals surface area contributed by atoms with Gasteiger partial charge in [0.15, 0.2) is 0 Å². The maximum absolute atomic E-state index is 13.5. The Labute approximate surface area is 186 Å². The molecule has 3 aromatic rings. The molecule has 2 aromatic carbocycles. The van der Waals surface area contributed by atoms with E-state index in [-0.39, 0.29) is 17.6 Å². The normalized spacial score (nSPS) is 16.8. The highest BCUT2D eigenvalue weighted by molar-refractivity contribution is 7.92. The summed E-state index contributed by atoms with van der Waals surface area (Å²) in [4.78, 5) is 12.8. The quantitative estimate of drug-likeness (QED) is 0.520. The second-order valence-electron chi connectivity index (χ2n) is 7.88. The molecule has 4 rings (SSSR count). The summed E-state index contributed by atoms with van der Waals surface area (Å²) in [5, 5.41) is 6.59. The standard InChI is InChI=1S/C23H26FN3O4S/c1-3-32(29,30)27-19-12-20-18(11-17(19)15-5-4-10-26-13-15)21(23(28)25-2)22(31-20)14-6-8-16(24)9-7-14/h6-9,11-12,15,26-27H,3-5,10,13H2,1-2H3,(H,25,28)/t15-/m1/s1. The number of furan rings is 1. The van der Waals surface area contributed by atoms with Crippen LogP contribution in [-0.2, 0) is 10.0 Å². The van der Waals surface area contributed by atoms with Crippen molar-refractivity contribution in [3.63, 3.8) is 0 Å². The Balaban J connectivity index is 1.96. The van der Waals surface area contributed by atoms with E-state index in [9.17, 15) is 17.6 Å². The fourth-order valence-corrected chi connectivity index (χ4v) is 4.75. The van der Waals surface area contributed by atoms with Gasteiger partial charge in [0.2, 0.25) is 10.0 Å². The summed E-state index contributed by atoms with van der Waals surface area (Å²) in [6.07, 6.45) is 1.87. The van der Waals surface area contributed by atoms with Crippen LogP contribution in [0.1, 0.15) is 41.6 Å². The molecule has 1 aliphatic heterocycles. The number of fused-ring (bicyclic) bond motifs is 1. The van der Waals surface area contributed by atoms with Crippen LogP contribution in [-0.4, -0.2) is 40.2 Å². The van der Waals surface area contributed by atoms with E-state index < -0.39 is 15.8 Å². The molecule has 0 unspecified atom stereocenters. The second kappa shape index (κ2) is 8.91. The van der Waals surface area contributed by atoms with Gasteiger partial charge >= 0.3 is 0 Å². The topological polar surface area (TPSA) is 100 Å². The van der Waals surface area contributed by atoms with E-state index in [4.69, 9.17) is 4.42 Å². The van der Waals surface area contributed by atoms with Crippen molar-refractivity contribution in [2.45, 2.75) is 25.7 Å². The Morgan fingerprint density at radius 2 is 2.00 bits per heavy atom. The minimum atomic E-state index is -3.52. The van der Waals surface area contributed by atoms with E-state index in [1.807, 2.05) is 6.07 Å². The zero-order valence-electron chi connectivity index (χ0n) is 18.0. The molecule has 9 heteroatoms. The van der Waals surface area contributed by atoms with Crippen molar-refractivity contribution in [2.24, 2.45) is 0 Å². The third-order valence-electron chi connectivity index (χ3n) is 5.80. The van der Waals surface area contributed by atoms with Gasteiger partial charge < -0.3 is 15.1 Å². The molecule has 0 bridgehead atoms. The smallest absolute Gasteiger partial charge is 0.255 e. The largest absolute Gasteiger partial charge is 0.455 e. The predicted molar refractivity (Wildman–Crippen MR) is 123 cm³/mol. The van der Waals surface area contributed by atoms with E-state index in [1.165, 1.54) is 19.2 Å². The third-order valence-corrected chi connectivity index (χ3v) is 7.09. The first-order valence-corrected chi connectivity index (χ1v) is 12.3. The van der Waals surface area contributed by atoms with Gasteiger partial charge in [-0.15, -0.1) is 0 Å². The van der Waals surface area contributed by atoms with E-state index >= 15 is 0 Å². The van der Waals surface area contributed by atoms with Gasteiger partial charge in [-0.3, -0.25) is 9.52 Å². The van der Waals surface area contributed by atoms with Crippen LogP contribution in [0.4, 0.5) is 10.1 Å².